The average molecular weight is 358 g/mol. The molecule has 1 unspecified atom stereocenters. The Kier molecular flexibility index (Phi) is 4.81. The topological polar surface area (TPSA) is 58.6 Å². The molecule has 1 aromatic carbocycles. The Labute approximate surface area is 151 Å². The van der Waals surface area contributed by atoms with E-state index < -0.39 is 0 Å². The highest BCUT2D eigenvalue weighted by molar-refractivity contribution is 7.14. The van der Waals surface area contributed by atoms with Crippen LogP contribution in [0.15, 0.2) is 41.8 Å². The molecule has 0 radical (unpaired) electrons. The average Bonchev–Trinajstić information content (AvgIpc) is 3.21. The zero-order valence-electron chi connectivity index (χ0n) is 14.6. The zero-order chi connectivity index (χ0) is 18.0. The molecule has 0 saturated carbocycles. The second kappa shape index (κ2) is 6.88. The van der Waals surface area contributed by atoms with Gasteiger partial charge in [0.15, 0.2) is 0 Å². The summed E-state index contributed by atoms with van der Waals surface area (Å²) in [6.45, 7) is 7.15. The van der Waals surface area contributed by atoms with Gasteiger partial charge in [-0.25, -0.2) is 4.79 Å². The van der Waals surface area contributed by atoms with Crippen molar-refractivity contribution in [2.24, 2.45) is 0 Å². The van der Waals surface area contributed by atoms with Gasteiger partial charge in [0, 0.05) is 5.56 Å². The Bertz CT molecular complexity index is 748. The second-order valence-corrected chi connectivity index (χ2v) is 8.03. The number of nitrogens with one attached hydrogen (secondary N) is 1. The van der Waals surface area contributed by atoms with E-state index in [0.29, 0.717) is 18.7 Å². The molecule has 132 valence electrons. The summed E-state index contributed by atoms with van der Waals surface area (Å²) >= 11 is 1.49. The van der Waals surface area contributed by atoms with Crippen LogP contribution in [0.5, 0.6) is 0 Å². The van der Waals surface area contributed by atoms with E-state index in [9.17, 15) is 9.59 Å². The summed E-state index contributed by atoms with van der Waals surface area (Å²) in [5.74, 6) is -0.161. The van der Waals surface area contributed by atoms with E-state index in [1.54, 1.807) is 4.90 Å². The van der Waals surface area contributed by atoms with Crippen LogP contribution in [-0.4, -0.2) is 31.2 Å². The minimum Gasteiger partial charge on any atom is -0.442 e. The molecular formula is C19H22N2O3S. The van der Waals surface area contributed by atoms with Gasteiger partial charge in [-0.1, -0.05) is 32.9 Å². The minimum atomic E-state index is -0.365. The number of hydrogen-bond donors (Lipinski definition) is 1. The van der Waals surface area contributed by atoms with Crippen LogP contribution in [0.25, 0.3) is 0 Å². The summed E-state index contributed by atoms with van der Waals surface area (Å²) in [7, 11) is 0. The van der Waals surface area contributed by atoms with Gasteiger partial charge in [-0.15, -0.1) is 11.3 Å². The lowest BCUT2D eigenvalue weighted by Gasteiger charge is -2.19. The molecule has 1 N–H and O–H groups in total. The van der Waals surface area contributed by atoms with Gasteiger partial charge >= 0.3 is 6.09 Å². The van der Waals surface area contributed by atoms with Gasteiger partial charge < -0.3 is 10.1 Å². The van der Waals surface area contributed by atoms with E-state index in [0.717, 1.165) is 5.00 Å². The van der Waals surface area contributed by atoms with Crippen LogP contribution in [0.2, 0.25) is 0 Å². The lowest BCUT2D eigenvalue weighted by Crippen LogP contribution is -2.34. The van der Waals surface area contributed by atoms with Crippen molar-refractivity contribution in [2.45, 2.75) is 32.3 Å². The summed E-state index contributed by atoms with van der Waals surface area (Å²) in [6, 6.07) is 11.4. The van der Waals surface area contributed by atoms with Crippen LogP contribution in [0.4, 0.5) is 9.80 Å². The van der Waals surface area contributed by atoms with Crippen molar-refractivity contribution in [1.82, 2.24) is 5.32 Å². The number of carbonyl (C=O) groups is 2. The van der Waals surface area contributed by atoms with Gasteiger partial charge in [0.2, 0.25) is 0 Å². The predicted octanol–water partition coefficient (Wildman–Crippen LogP) is 3.80. The standard InChI is InChI=1S/C19H22N2O3S/c1-19(2,3)14-8-6-13(7-9-14)17(22)20-11-15-12-21(18(23)24-15)16-5-4-10-25-16/h4-10,15H,11-12H2,1-3H3,(H,20,22). The molecule has 1 saturated heterocycles. The van der Waals surface area contributed by atoms with Crippen molar-refractivity contribution in [3.05, 3.63) is 52.9 Å². The highest BCUT2D eigenvalue weighted by Crippen LogP contribution is 2.26. The molecule has 2 aromatic rings. The molecule has 1 atom stereocenters. The fourth-order valence-corrected chi connectivity index (χ4v) is 3.39. The molecular weight excluding hydrogens is 336 g/mol. The Balaban J connectivity index is 1.55. The van der Waals surface area contributed by atoms with E-state index >= 15 is 0 Å². The van der Waals surface area contributed by atoms with Crippen molar-refractivity contribution in [1.29, 1.82) is 0 Å². The summed E-state index contributed by atoms with van der Waals surface area (Å²) in [5.41, 5.74) is 1.84. The van der Waals surface area contributed by atoms with Gasteiger partial charge in [0.25, 0.3) is 5.91 Å². The highest BCUT2D eigenvalue weighted by Gasteiger charge is 2.33. The number of ether oxygens (including phenoxy) is 1. The lowest BCUT2D eigenvalue weighted by atomic mass is 9.87. The van der Waals surface area contributed by atoms with Crippen LogP contribution < -0.4 is 10.2 Å². The van der Waals surface area contributed by atoms with Gasteiger partial charge in [-0.05, 0) is 40.6 Å². The highest BCUT2D eigenvalue weighted by atomic mass is 32.1. The molecule has 25 heavy (non-hydrogen) atoms. The zero-order valence-corrected chi connectivity index (χ0v) is 15.4. The third-order valence-electron chi connectivity index (χ3n) is 4.15. The molecule has 5 nitrogen and oxygen atoms in total. The second-order valence-electron chi connectivity index (χ2n) is 7.11. The monoisotopic (exact) mass is 358 g/mol. The number of thiophene rings is 1. The number of amides is 2. The SMILES string of the molecule is CC(C)(C)c1ccc(C(=O)NCC2CN(c3cccs3)C(=O)O2)cc1. The quantitative estimate of drug-likeness (QED) is 0.904. The number of carbonyl (C=O) groups excluding carboxylic acids is 2. The Hall–Kier alpha value is -2.34. The fraction of sp³-hybridized carbons (Fsp3) is 0.368. The van der Waals surface area contributed by atoms with Gasteiger partial charge in [-0.3, -0.25) is 9.69 Å². The maximum atomic E-state index is 12.3. The number of hydrogen-bond acceptors (Lipinski definition) is 4. The summed E-state index contributed by atoms with van der Waals surface area (Å²) < 4.78 is 5.33. The molecule has 1 fully saturated rings. The van der Waals surface area contributed by atoms with Crippen molar-refractivity contribution >= 4 is 28.3 Å². The maximum absolute atomic E-state index is 12.3. The molecule has 1 aromatic heterocycles. The van der Waals surface area contributed by atoms with Gasteiger partial charge in [0.05, 0.1) is 13.1 Å². The van der Waals surface area contributed by atoms with Crippen molar-refractivity contribution in [3.63, 3.8) is 0 Å². The summed E-state index contributed by atoms with van der Waals surface area (Å²) in [4.78, 5) is 25.8. The van der Waals surface area contributed by atoms with Crippen LogP contribution in [-0.2, 0) is 10.2 Å². The fourth-order valence-electron chi connectivity index (χ4n) is 2.66. The first-order valence-electron chi connectivity index (χ1n) is 8.25. The smallest absolute Gasteiger partial charge is 0.415 e. The third-order valence-corrected chi connectivity index (χ3v) is 5.04. The third kappa shape index (κ3) is 4.02. The Morgan fingerprint density at radius 3 is 2.60 bits per heavy atom. The molecule has 1 aliphatic rings. The molecule has 0 spiro atoms. The van der Waals surface area contributed by atoms with Crippen molar-refractivity contribution in [3.8, 4) is 0 Å². The molecule has 3 rings (SSSR count). The maximum Gasteiger partial charge on any atom is 0.415 e. The van der Waals surface area contributed by atoms with Crippen LogP contribution in [0, 0.1) is 0 Å². The molecule has 0 bridgehead atoms. The number of rotatable bonds is 4. The first kappa shape index (κ1) is 17.5. The normalized spacial score (nSPS) is 17.5. The number of benzene rings is 1. The lowest BCUT2D eigenvalue weighted by molar-refractivity contribution is 0.0916. The van der Waals surface area contributed by atoms with E-state index in [2.05, 4.69) is 26.1 Å². The van der Waals surface area contributed by atoms with Crippen LogP contribution in [0.1, 0.15) is 36.7 Å². The first-order valence-corrected chi connectivity index (χ1v) is 9.13. The molecule has 2 amide bonds. The Morgan fingerprint density at radius 1 is 1.28 bits per heavy atom. The van der Waals surface area contributed by atoms with Crippen LogP contribution >= 0.6 is 11.3 Å². The number of cyclic esters (lactones) is 1. The minimum absolute atomic E-state index is 0.0539. The van der Waals surface area contributed by atoms with E-state index in [1.165, 1.54) is 16.9 Å². The van der Waals surface area contributed by atoms with E-state index in [4.69, 9.17) is 4.74 Å². The Morgan fingerprint density at radius 2 is 2.00 bits per heavy atom. The molecule has 0 aliphatic carbocycles. The largest absolute Gasteiger partial charge is 0.442 e. The predicted molar refractivity (Wildman–Crippen MR) is 99.4 cm³/mol. The van der Waals surface area contributed by atoms with Gasteiger partial charge in [-0.2, -0.15) is 0 Å². The molecule has 2 heterocycles. The summed E-state index contributed by atoms with van der Waals surface area (Å²) in [6.07, 6.45) is -0.705. The molecule has 6 heteroatoms. The van der Waals surface area contributed by atoms with Crippen molar-refractivity contribution < 1.29 is 14.3 Å². The van der Waals surface area contributed by atoms with E-state index in [1.807, 2.05) is 41.8 Å². The first-order chi connectivity index (χ1) is 11.8. The van der Waals surface area contributed by atoms with Gasteiger partial charge in [0.1, 0.15) is 11.1 Å². The van der Waals surface area contributed by atoms with E-state index in [-0.39, 0.29) is 23.5 Å². The number of nitrogens with zero attached hydrogens (tertiary/aromatic N) is 1. The molecule has 1 aliphatic heterocycles. The number of anilines is 1. The van der Waals surface area contributed by atoms with Crippen LogP contribution in [0.3, 0.4) is 0 Å². The summed E-state index contributed by atoms with van der Waals surface area (Å²) in [5, 5.41) is 5.62. The van der Waals surface area contributed by atoms with Crippen molar-refractivity contribution in [2.75, 3.05) is 18.0 Å².